The molecule has 1 amide bonds. The Bertz CT molecular complexity index is 1570. The van der Waals surface area contributed by atoms with Crippen molar-refractivity contribution in [1.29, 1.82) is 0 Å². The minimum atomic E-state index is -0.390. The van der Waals surface area contributed by atoms with Gasteiger partial charge in [0, 0.05) is 11.1 Å². The van der Waals surface area contributed by atoms with E-state index >= 15 is 0 Å². The molecule has 1 N–H and O–H groups in total. The Kier molecular flexibility index (Phi) is 5.55. The van der Waals surface area contributed by atoms with Gasteiger partial charge in [-0.3, -0.25) is 4.79 Å². The molecule has 8 nitrogen and oxygen atoms in total. The molecule has 5 aromatic rings. The number of rotatable bonds is 4. The Morgan fingerprint density at radius 1 is 1.00 bits per heavy atom. The molecule has 0 fully saturated rings. The van der Waals surface area contributed by atoms with Gasteiger partial charge in [0.25, 0.3) is 5.91 Å². The van der Waals surface area contributed by atoms with Gasteiger partial charge in [-0.15, -0.1) is 0 Å². The maximum absolute atomic E-state index is 12.9. The molecule has 0 spiro atoms. The number of anilines is 1. The second-order valence-electron chi connectivity index (χ2n) is 7.87. The van der Waals surface area contributed by atoms with Gasteiger partial charge in [-0.25, -0.2) is 14.6 Å². The summed E-state index contributed by atoms with van der Waals surface area (Å²) in [5, 5.41) is 13.4. The van der Waals surface area contributed by atoms with Crippen molar-refractivity contribution in [2.24, 2.45) is 0 Å². The van der Waals surface area contributed by atoms with Gasteiger partial charge >= 0.3 is 0 Å². The second-order valence-corrected chi connectivity index (χ2v) is 8.71. The van der Waals surface area contributed by atoms with Crippen LogP contribution in [-0.2, 0) is 0 Å². The molecule has 10 heteroatoms. The van der Waals surface area contributed by atoms with Gasteiger partial charge in [-0.2, -0.15) is 14.9 Å². The van der Waals surface area contributed by atoms with E-state index in [1.165, 1.54) is 12.4 Å². The highest BCUT2D eigenvalue weighted by Gasteiger charge is 2.19. The molecule has 5 rings (SSSR count). The van der Waals surface area contributed by atoms with E-state index in [2.05, 4.69) is 38.5 Å². The molecule has 0 aliphatic heterocycles. The van der Waals surface area contributed by atoms with Gasteiger partial charge in [0.2, 0.25) is 0 Å². The highest BCUT2D eigenvalue weighted by atomic mass is 35.5. The number of amides is 1. The monoisotopic (exact) mass is 491 g/mol. The molecule has 0 atom stereocenters. The average molecular weight is 492 g/mol. The smallest absolute Gasteiger partial charge is 0.258 e. The number of benzene rings is 2. The van der Waals surface area contributed by atoms with Crippen LogP contribution >= 0.6 is 23.2 Å². The number of halogens is 2. The fourth-order valence-electron chi connectivity index (χ4n) is 3.75. The molecule has 0 aliphatic rings. The number of fused-ring (bicyclic) bond motifs is 1. The SMILES string of the molecule is Cc1cc(NC(=O)c2ccc(Cl)cc2Cl)n(-c2ncnc3c2cnn3-c2cccc(C)c2C)n1. The first-order chi connectivity index (χ1) is 16.3. The molecule has 3 heterocycles. The van der Waals surface area contributed by atoms with Gasteiger partial charge in [0.1, 0.15) is 12.1 Å². The number of hydrogen-bond donors (Lipinski definition) is 1. The van der Waals surface area contributed by atoms with Crippen LogP contribution in [0.1, 0.15) is 27.2 Å². The number of carbonyl (C=O) groups is 1. The molecule has 0 saturated carbocycles. The van der Waals surface area contributed by atoms with E-state index in [0.29, 0.717) is 38.9 Å². The quantitative estimate of drug-likeness (QED) is 0.359. The lowest BCUT2D eigenvalue weighted by molar-refractivity contribution is 0.102. The average Bonchev–Trinajstić information content (AvgIpc) is 3.38. The van der Waals surface area contributed by atoms with Crippen molar-refractivity contribution in [3.8, 4) is 11.5 Å². The summed E-state index contributed by atoms with van der Waals surface area (Å²) in [4.78, 5) is 21.9. The summed E-state index contributed by atoms with van der Waals surface area (Å²) < 4.78 is 3.35. The molecular weight excluding hydrogens is 473 g/mol. The van der Waals surface area contributed by atoms with Gasteiger partial charge in [-0.05, 0) is 56.2 Å². The zero-order valence-corrected chi connectivity index (χ0v) is 20.1. The summed E-state index contributed by atoms with van der Waals surface area (Å²) in [6.45, 7) is 5.94. The fourth-order valence-corrected chi connectivity index (χ4v) is 4.24. The Balaban J connectivity index is 1.58. The standard InChI is InChI=1S/C24H19Cl2N7O/c1-13-5-4-6-20(15(13)3)32-22-18(11-29-32)23(28-12-27-22)33-21(9-14(2)31-33)30-24(34)17-8-7-16(25)10-19(17)26/h4-12H,1-3H3,(H,30,34). The zero-order valence-electron chi connectivity index (χ0n) is 18.5. The normalized spacial score (nSPS) is 11.2. The number of carbonyl (C=O) groups excluding carboxylic acids is 1. The fraction of sp³-hybridized carbons (Fsp3) is 0.125. The first-order valence-corrected chi connectivity index (χ1v) is 11.2. The maximum atomic E-state index is 12.9. The van der Waals surface area contributed by atoms with Crippen LogP contribution in [0, 0.1) is 20.8 Å². The largest absolute Gasteiger partial charge is 0.306 e. The lowest BCUT2D eigenvalue weighted by Crippen LogP contribution is -2.16. The second kappa shape index (κ2) is 8.55. The van der Waals surface area contributed by atoms with E-state index in [4.69, 9.17) is 23.2 Å². The van der Waals surface area contributed by atoms with Crippen LogP contribution in [0.4, 0.5) is 5.82 Å². The van der Waals surface area contributed by atoms with E-state index in [1.54, 1.807) is 33.8 Å². The van der Waals surface area contributed by atoms with Crippen molar-refractivity contribution in [2.75, 3.05) is 5.32 Å². The molecule has 0 unspecified atom stereocenters. The van der Waals surface area contributed by atoms with Gasteiger partial charge < -0.3 is 5.32 Å². The Hall–Kier alpha value is -3.75. The molecule has 0 radical (unpaired) electrons. The highest BCUT2D eigenvalue weighted by molar-refractivity contribution is 6.37. The Morgan fingerprint density at radius 2 is 1.82 bits per heavy atom. The molecule has 0 aliphatic carbocycles. The molecule has 2 aromatic carbocycles. The predicted molar refractivity (Wildman–Crippen MR) is 132 cm³/mol. The number of nitrogens with zero attached hydrogens (tertiary/aromatic N) is 6. The lowest BCUT2D eigenvalue weighted by Gasteiger charge is -2.11. The first-order valence-electron chi connectivity index (χ1n) is 10.4. The van der Waals surface area contributed by atoms with Crippen molar-refractivity contribution in [3.63, 3.8) is 0 Å². The Morgan fingerprint density at radius 3 is 2.62 bits per heavy atom. The van der Waals surface area contributed by atoms with Crippen molar-refractivity contribution in [3.05, 3.63) is 87.4 Å². The third-order valence-corrected chi connectivity index (χ3v) is 6.15. The maximum Gasteiger partial charge on any atom is 0.258 e. The van der Waals surface area contributed by atoms with Crippen LogP contribution < -0.4 is 5.32 Å². The zero-order chi connectivity index (χ0) is 24.0. The molecule has 0 saturated heterocycles. The van der Waals surface area contributed by atoms with E-state index in [0.717, 1.165) is 16.8 Å². The summed E-state index contributed by atoms with van der Waals surface area (Å²) >= 11 is 12.2. The van der Waals surface area contributed by atoms with E-state index < -0.39 is 0 Å². The van der Waals surface area contributed by atoms with E-state index in [9.17, 15) is 4.79 Å². The third-order valence-electron chi connectivity index (χ3n) is 5.60. The summed E-state index contributed by atoms with van der Waals surface area (Å²) in [6, 6.07) is 12.5. The minimum Gasteiger partial charge on any atom is -0.306 e. The summed E-state index contributed by atoms with van der Waals surface area (Å²) in [6.07, 6.45) is 3.16. The van der Waals surface area contributed by atoms with Gasteiger partial charge in [-0.1, -0.05) is 35.3 Å². The Labute approximate surface area is 205 Å². The minimum absolute atomic E-state index is 0.256. The third kappa shape index (κ3) is 3.81. The van der Waals surface area contributed by atoms with Crippen molar-refractivity contribution in [2.45, 2.75) is 20.8 Å². The van der Waals surface area contributed by atoms with Crippen molar-refractivity contribution >= 4 is 46.0 Å². The predicted octanol–water partition coefficient (Wildman–Crippen LogP) is 5.49. The molecule has 170 valence electrons. The van der Waals surface area contributed by atoms with E-state index in [1.807, 2.05) is 26.0 Å². The summed E-state index contributed by atoms with van der Waals surface area (Å²) in [5.74, 6) is 0.541. The number of aromatic nitrogens is 6. The topological polar surface area (TPSA) is 90.5 Å². The first kappa shape index (κ1) is 22.1. The van der Waals surface area contributed by atoms with Crippen LogP contribution in [0.2, 0.25) is 10.0 Å². The summed E-state index contributed by atoms with van der Waals surface area (Å²) in [5.41, 5.74) is 4.82. The molecular formula is C24H19Cl2N7O. The van der Waals surface area contributed by atoms with Crippen LogP contribution in [0.5, 0.6) is 0 Å². The van der Waals surface area contributed by atoms with Gasteiger partial charge in [0.05, 0.1) is 33.6 Å². The van der Waals surface area contributed by atoms with Crippen molar-refractivity contribution < 1.29 is 4.79 Å². The molecule has 0 bridgehead atoms. The van der Waals surface area contributed by atoms with E-state index in [-0.39, 0.29) is 10.9 Å². The van der Waals surface area contributed by atoms with Crippen molar-refractivity contribution in [1.82, 2.24) is 29.5 Å². The number of nitrogens with one attached hydrogen (secondary N) is 1. The number of aryl methyl sites for hydroxylation is 2. The van der Waals surface area contributed by atoms with Gasteiger partial charge in [0.15, 0.2) is 11.5 Å². The van der Waals surface area contributed by atoms with Crippen LogP contribution in [0.25, 0.3) is 22.5 Å². The van der Waals surface area contributed by atoms with Crippen LogP contribution in [0.15, 0.2) is 55.0 Å². The lowest BCUT2D eigenvalue weighted by atomic mass is 10.1. The summed E-state index contributed by atoms with van der Waals surface area (Å²) in [7, 11) is 0. The molecule has 3 aromatic heterocycles. The van der Waals surface area contributed by atoms with Crippen LogP contribution in [-0.4, -0.2) is 35.4 Å². The number of hydrogen-bond acceptors (Lipinski definition) is 5. The van der Waals surface area contributed by atoms with Crippen LogP contribution in [0.3, 0.4) is 0 Å². The highest BCUT2D eigenvalue weighted by Crippen LogP contribution is 2.27. The molecule has 34 heavy (non-hydrogen) atoms.